The third kappa shape index (κ3) is 3.13. The summed E-state index contributed by atoms with van der Waals surface area (Å²) in [5, 5.41) is 0. The van der Waals surface area contributed by atoms with Crippen LogP contribution < -0.4 is 9.47 Å². The highest BCUT2D eigenvalue weighted by Gasteiger charge is 2.06. The Kier molecular flexibility index (Phi) is 3.85. The number of carbonyl (C=O) groups is 1. The number of aryl methyl sites for hydroxylation is 1. The van der Waals surface area contributed by atoms with Crippen molar-refractivity contribution >= 4 is 5.78 Å². The minimum absolute atomic E-state index is 0.0412. The minimum Gasteiger partial charge on any atom is -0.493 e. The van der Waals surface area contributed by atoms with Gasteiger partial charge in [0.2, 0.25) is 0 Å². The predicted molar refractivity (Wildman–Crippen MR) is 74.3 cm³/mol. The average molecular weight is 256 g/mol. The van der Waals surface area contributed by atoms with E-state index >= 15 is 0 Å². The van der Waals surface area contributed by atoms with Gasteiger partial charge in [-0.3, -0.25) is 4.79 Å². The van der Waals surface area contributed by atoms with Crippen LogP contribution in [0.25, 0.3) is 0 Å². The third-order valence-electron chi connectivity index (χ3n) is 2.81. The van der Waals surface area contributed by atoms with Crippen molar-refractivity contribution < 1.29 is 14.3 Å². The second-order valence-electron chi connectivity index (χ2n) is 4.34. The first-order valence-corrected chi connectivity index (χ1v) is 6.03. The molecule has 0 spiro atoms. The zero-order valence-corrected chi connectivity index (χ0v) is 11.3. The number of rotatable bonds is 4. The minimum atomic E-state index is 0.0412. The van der Waals surface area contributed by atoms with Crippen LogP contribution in [-0.4, -0.2) is 12.9 Å². The largest absolute Gasteiger partial charge is 0.493 e. The number of Topliss-reactive ketones (excluding diaryl/α,β-unsaturated/α-hetero) is 1. The normalized spacial score (nSPS) is 10.1. The summed E-state index contributed by atoms with van der Waals surface area (Å²) >= 11 is 0. The molecule has 3 nitrogen and oxygen atoms in total. The van der Waals surface area contributed by atoms with Crippen LogP contribution in [0.3, 0.4) is 0 Å². The number of methoxy groups -OCH3 is 1. The van der Waals surface area contributed by atoms with Gasteiger partial charge in [-0.2, -0.15) is 0 Å². The summed E-state index contributed by atoms with van der Waals surface area (Å²) in [7, 11) is 1.61. The Morgan fingerprint density at radius 2 is 1.68 bits per heavy atom. The molecule has 0 unspecified atom stereocenters. The van der Waals surface area contributed by atoms with Gasteiger partial charge in [-0.1, -0.05) is 6.07 Å². The number of hydrogen-bond donors (Lipinski definition) is 0. The number of ketones is 1. The van der Waals surface area contributed by atoms with Crippen LogP contribution in [-0.2, 0) is 0 Å². The van der Waals surface area contributed by atoms with Crippen molar-refractivity contribution in [2.24, 2.45) is 0 Å². The molecule has 3 heteroatoms. The molecule has 0 aliphatic heterocycles. The summed E-state index contributed by atoms with van der Waals surface area (Å²) in [6.07, 6.45) is 0. The van der Waals surface area contributed by atoms with Crippen molar-refractivity contribution in [3.05, 3.63) is 53.6 Å². The lowest BCUT2D eigenvalue weighted by Crippen LogP contribution is -1.93. The van der Waals surface area contributed by atoms with Gasteiger partial charge < -0.3 is 9.47 Å². The van der Waals surface area contributed by atoms with Gasteiger partial charge in [0.1, 0.15) is 5.75 Å². The Hall–Kier alpha value is -2.29. The molecule has 2 aromatic carbocycles. The lowest BCUT2D eigenvalue weighted by Gasteiger charge is -2.11. The SMILES string of the molecule is COc1cc(C)ccc1Oc1ccc(C(C)=O)cc1. The van der Waals surface area contributed by atoms with E-state index in [0.717, 1.165) is 5.56 Å². The molecule has 2 rings (SSSR count). The van der Waals surface area contributed by atoms with Crippen molar-refractivity contribution in [2.75, 3.05) is 7.11 Å². The maximum atomic E-state index is 11.2. The van der Waals surface area contributed by atoms with Gasteiger partial charge in [0, 0.05) is 5.56 Å². The summed E-state index contributed by atoms with van der Waals surface area (Å²) in [5.74, 6) is 2.06. The molecule has 0 N–H and O–H groups in total. The van der Waals surface area contributed by atoms with Gasteiger partial charge in [-0.05, 0) is 55.8 Å². The molecule has 19 heavy (non-hydrogen) atoms. The Balaban J connectivity index is 2.23. The molecule has 0 heterocycles. The maximum absolute atomic E-state index is 11.2. The quantitative estimate of drug-likeness (QED) is 0.776. The highest BCUT2D eigenvalue weighted by atomic mass is 16.5. The van der Waals surface area contributed by atoms with E-state index in [1.807, 2.05) is 25.1 Å². The highest BCUT2D eigenvalue weighted by Crippen LogP contribution is 2.32. The van der Waals surface area contributed by atoms with E-state index in [0.29, 0.717) is 22.8 Å². The first kappa shape index (κ1) is 13.1. The molecule has 0 amide bonds. The zero-order valence-electron chi connectivity index (χ0n) is 11.3. The number of benzene rings is 2. The topological polar surface area (TPSA) is 35.5 Å². The average Bonchev–Trinajstić information content (AvgIpc) is 2.41. The Morgan fingerprint density at radius 1 is 1.00 bits per heavy atom. The van der Waals surface area contributed by atoms with E-state index in [2.05, 4.69) is 0 Å². The van der Waals surface area contributed by atoms with Crippen LogP contribution in [0.2, 0.25) is 0 Å². The molecule has 0 fully saturated rings. The Bertz CT molecular complexity index is 585. The summed E-state index contributed by atoms with van der Waals surface area (Å²) in [6.45, 7) is 3.53. The smallest absolute Gasteiger partial charge is 0.169 e. The van der Waals surface area contributed by atoms with Crippen LogP contribution in [0.4, 0.5) is 0 Å². The van der Waals surface area contributed by atoms with Crippen molar-refractivity contribution in [3.8, 4) is 17.2 Å². The molecule has 0 saturated carbocycles. The van der Waals surface area contributed by atoms with Gasteiger partial charge >= 0.3 is 0 Å². The predicted octanol–water partition coefficient (Wildman–Crippen LogP) is 4.00. The lowest BCUT2D eigenvalue weighted by molar-refractivity contribution is 0.101. The lowest BCUT2D eigenvalue weighted by atomic mass is 10.1. The monoisotopic (exact) mass is 256 g/mol. The van der Waals surface area contributed by atoms with Crippen LogP contribution in [0.1, 0.15) is 22.8 Å². The fourth-order valence-electron chi connectivity index (χ4n) is 1.74. The van der Waals surface area contributed by atoms with Crippen molar-refractivity contribution in [1.29, 1.82) is 0 Å². The molecule has 0 atom stereocenters. The zero-order chi connectivity index (χ0) is 13.8. The van der Waals surface area contributed by atoms with E-state index in [1.165, 1.54) is 0 Å². The number of hydrogen-bond acceptors (Lipinski definition) is 3. The van der Waals surface area contributed by atoms with Gasteiger partial charge in [-0.25, -0.2) is 0 Å². The number of carbonyl (C=O) groups excluding carboxylic acids is 1. The molecule has 0 aliphatic rings. The van der Waals surface area contributed by atoms with Crippen LogP contribution in [0, 0.1) is 6.92 Å². The standard InChI is InChI=1S/C16H16O3/c1-11-4-9-15(16(10-11)18-3)19-14-7-5-13(6-8-14)12(2)17/h4-10H,1-3H3. The van der Waals surface area contributed by atoms with E-state index in [1.54, 1.807) is 38.3 Å². The fraction of sp³-hybridized carbons (Fsp3) is 0.188. The molecule has 0 radical (unpaired) electrons. The summed E-state index contributed by atoms with van der Waals surface area (Å²) < 4.78 is 11.0. The fourth-order valence-corrected chi connectivity index (χ4v) is 1.74. The van der Waals surface area contributed by atoms with Crippen LogP contribution in [0.15, 0.2) is 42.5 Å². The maximum Gasteiger partial charge on any atom is 0.169 e. The number of ether oxygens (including phenoxy) is 2. The molecular formula is C16H16O3. The van der Waals surface area contributed by atoms with Gasteiger partial charge in [0.05, 0.1) is 7.11 Å². The molecule has 0 bridgehead atoms. The van der Waals surface area contributed by atoms with Crippen LogP contribution >= 0.6 is 0 Å². The second kappa shape index (κ2) is 5.57. The van der Waals surface area contributed by atoms with Crippen molar-refractivity contribution in [2.45, 2.75) is 13.8 Å². The van der Waals surface area contributed by atoms with Gasteiger partial charge in [0.15, 0.2) is 17.3 Å². The highest BCUT2D eigenvalue weighted by molar-refractivity contribution is 5.94. The molecule has 0 aliphatic carbocycles. The second-order valence-corrected chi connectivity index (χ2v) is 4.34. The molecule has 0 aromatic heterocycles. The van der Waals surface area contributed by atoms with E-state index in [9.17, 15) is 4.79 Å². The van der Waals surface area contributed by atoms with Crippen molar-refractivity contribution in [1.82, 2.24) is 0 Å². The molecule has 98 valence electrons. The first-order valence-electron chi connectivity index (χ1n) is 6.03. The Labute approximate surface area is 112 Å². The van der Waals surface area contributed by atoms with E-state index in [-0.39, 0.29) is 5.78 Å². The Morgan fingerprint density at radius 3 is 2.26 bits per heavy atom. The summed E-state index contributed by atoms with van der Waals surface area (Å²) in [5.41, 5.74) is 1.78. The van der Waals surface area contributed by atoms with Gasteiger partial charge in [0.25, 0.3) is 0 Å². The summed E-state index contributed by atoms with van der Waals surface area (Å²) in [6, 6.07) is 12.8. The van der Waals surface area contributed by atoms with E-state index in [4.69, 9.17) is 9.47 Å². The molecule has 0 saturated heterocycles. The van der Waals surface area contributed by atoms with Crippen molar-refractivity contribution in [3.63, 3.8) is 0 Å². The van der Waals surface area contributed by atoms with Gasteiger partial charge in [-0.15, -0.1) is 0 Å². The molecule has 2 aromatic rings. The third-order valence-corrected chi connectivity index (χ3v) is 2.81. The van der Waals surface area contributed by atoms with E-state index < -0.39 is 0 Å². The first-order chi connectivity index (χ1) is 9.10. The molecular weight excluding hydrogens is 240 g/mol. The van der Waals surface area contributed by atoms with Crippen LogP contribution in [0.5, 0.6) is 17.2 Å². The summed E-state index contributed by atoms with van der Waals surface area (Å²) in [4.78, 5) is 11.2.